The first kappa shape index (κ1) is 16.9. The largest absolute Gasteiger partial charge is 0.383 e. The van der Waals surface area contributed by atoms with Crippen molar-refractivity contribution in [3.63, 3.8) is 0 Å². The molecule has 0 amide bonds. The summed E-state index contributed by atoms with van der Waals surface area (Å²) in [5.41, 5.74) is 0. The molecule has 0 atom stereocenters. The maximum Gasteiger partial charge on any atom is 0.247 e. The first-order chi connectivity index (χ1) is 9.47. The number of nitrogens with one attached hydrogen (secondary N) is 2. The van der Waals surface area contributed by atoms with Gasteiger partial charge >= 0.3 is 0 Å². The van der Waals surface area contributed by atoms with E-state index >= 15 is 0 Å². The third-order valence-corrected chi connectivity index (χ3v) is 4.76. The van der Waals surface area contributed by atoms with Gasteiger partial charge in [-0.1, -0.05) is 0 Å². The van der Waals surface area contributed by atoms with E-state index < -0.39 is 10.0 Å². The summed E-state index contributed by atoms with van der Waals surface area (Å²) in [5.74, 6) is 0.662. The highest BCUT2D eigenvalue weighted by Gasteiger charge is 2.10. The second kappa shape index (κ2) is 8.20. The molecule has 4 N–H and O–H groups in total. The normalized spacial score (nSPS) is 12.4. The fourth-order valence-electron chi connectivity index (χ4n) is 1.37. The van der Waals surface area contributed by atoms with E-state index in [9.17, 15) is 8.42 Å². The Labute approximate surface area is 123 Å². The fraction of sp³-hybridized carbons (Fsp3) is 0.545. The second-order valence-corrected chi connectivity index (χ2v) is 6.84. The van der Waals surface area contributed by atoms with Crippen LogP contribution in [0.15, 0.2) is 21.3 Å². The van der Waals surface area contributed by atoms with Crippen LogP contribution in [-0.2, 0) is 21.3 Å². The third kappa shape index (κ3) is 5.87. The molecule has 0 fully saturated rings. The Morgan fingerprint density at radius 3 is 2.75 bits per heavy atom. The molecule has 0 saturated carbocycles. The van der Waals surface area contributed by atoms with Crippen molar-refractivity contribution in [2.75, 3.05) is 26.8 Å². The molecule has 114 valence electrons. The molecule has 0 spiro atoms. The van der Waals surface area contributed by atoms with Crippen LogP contribution in [0.3, 0.4) is 0 Å². The molecule has 1 heterocycles. The lowest BCUT2D eigenvalue weighted by molar-refractivity contribution is 0.203. The molecule has 0 aliphatic carbocycles. The summed E-state index contributed by atoms with van der Waals surface area (Å²) >= 11 is 1.13. The highest BCUT2D eigenvalue weighted by molar-refractivity contribution is 7.91. The summed E-state index contributed by atoms with van der Waals surface area (Å²) in [6, 6.07) is 3.21. The Hall–Kier alpha value is -1.16. The van der Waals surface area contributed by atoms with Gasteiger partial charge in [-0.15, -0.1) is 11.3 Å². The summed E-state index contributed by atoms with van der Waals surface area (Å²) < 4.78 is 27.5. The summed E-state index contributed by atoms with van der Waals surface area (Å²) in [7, 11) is -1.99. The van der Waals surface area contributed by atoms with Crippen LogP contribution in [0.25, 0.3) is 0 Å². The smallest absolute Gasteiger partial charge is 0.247 e. The van der Waals surface area contributed by atoms with Crippen molar-refractivity contribution in [1.29, 1.82) is 0 Å². The lowest BCUT2D eigenvalue weighted by atomic mass is 10.5. The van der Waals surface area contributed by atoms with Crippen molar-refractivity contribution >= 4 is 27.3 Å². The van der Waals surface area contributed by atoms with Gasteiger partial charge in [-0.05, 0) is 19.1 Å². The molecule has 0 aromatic carbocycles. The van der Waals surface area contributed by atoms with Crippen LogP contribution >= 0.6 is 11.3 Å². The predicted molar refractivity (Wildman–Crippen MR) is 80.4 cm³/mol. The number of sulfonamides is 1. The fourth-order valence-corrected chi connectivity index (χ4v) is 3.07. The Morgan fingerprint density at radius 1 is 1.45 bits per heavy atom. The number of guanidine groups is 1. The molecule has 0 aliphatic heterocycles. The third-order valence-electron chi connectivity index (χ3n) is 2.25. The van der Waals surface area contributed by atoms with Gasteiger partial charge < -0.3 is 15.4 Å². The lowest BCUT2D eigenvalue weighted by Crippen LogP contribution is -2.38. The maximum absolute atomic E-state index is 11.2. The van der Waals surface area contributed by atoms with Crippen LogP contribution in [0.5, 0.6) is 0 Å². The van der Waals surface area contributed by atoms with Gasteiger partial charge in [0.1, 0.15) is 4.21 Å². The number of rotatable bonds is 7. The van der Waals surface area contributed by atoms with Crippen LogP contribution in [0, 0.1) is 0 Å². The quantitative estimate of drug-likeness (QED) is 0.375. The first-order valence-electron chi connectivity index (χ1n) is 6.10. The van der Waals surface area contributed by atoms with Gasteiger partial charge in [0.25, 0.3) is 0 Å². The number of ether oxygens (including phenoxy) is 1. The van der Waals surface area contributed by atoms with E-state index in [1.807, 2.05) is 6.92 Å². The minimum absolute atomic E-state index is 0.153. The zero-order chi connectivity index (χ0) is 15.0. The van der Waals surface area contributed by atoms with E-state index in [0.29, 0.717) is 25.7 Å². The van der Waals surface area contributed by atoms with Crippen LogP contribution < -0.4 is 15.8 Å². The molecule has 0 bridgehead atoms. The van der Waals surface area contributed by atoms with Gasteiger partial charge in [-0.25, -0.2) is 18.5 Å². The van der Waals surface area contributed by atoms with Crippen molar-refractivity contribution in [2.45, 2.75) is 17.7 Å². The summed E-state index contributed by atoms with van der Waals surface area (Å²) in [5, 5.41) is 11.3. The lowest BCUT2D eigenvalue weighted by Gasteiger charge is -2.10. The Balaban J connectivity index is 2.64. The van der Waals surface area contributed by atoms with E-state index in [4.69, 9.17) is 9.88 Å². The summed E-state index contributed by atoms with van der Waals surface area (Å²) in [6.07, 6.45) is 0. The summed E-state index contributed by atoms with van der Waals surface area (Å²) in [6.45, 7) is 4.33. The molecule has 0 unspecified atom stereocenters. The SMILES string of the molecule is CCNC(=NCc1ccc(S(N)(=O)=O)s1)NCCOC. The van der Waals surface area contributed by atoms with Crippen molar-refractivity contribution in [2.24, 2.45) is 10.1 Å². The van der Waals surface area contributed by atoms with Gasteiger partial charge in [0, 0.05) is 25.1 Å². The molecule has 20 heavy (non-hydrogen) atoms. The van der Waals surface area contributed by atoms with Gasteiger partial charge in [-0.3, -0.25) is 0 Å². The molecule has 1 rings (SSSR count). The number of methoxy groups -OCH3 is 1. The van der Waals surface area contributed by atoms with Crippen LogP contribution in [0.2, 0.25) is 0 Å². The number of thiophene rings is 1. The zero-order valence-corrected chi connectivity index (χ0v) is 13.2. The highest BCUT2D eigenvalue weighted by atomic mass is 32.2. The average Bonchev–Trinajstić information content (AvgIpc) is 2.85. The molecule has 9 heteroatoms. The standard InChI is InChI=1S/C11H20N4O3S2/c1-3-13-11(14-6-7-18-2)15-8-9-4-5-10(19-9)20(12,16)17/h4-5H,3,6-8H2,1-2H3,(H2,12,16,17)(H2,13,14,15). The van der Waals surface area contributed by atoms with E-state index in [1.54, 1.807) is 13.2 Å². The van der Waals surface area contributed by atoms with E-state index in [0.717, 1.165) is 22.8 Å². The molecule has 1 aromatic rings. The Bertz CT molecular complexity index is 540. The van der Waals surface area contributed by atoms with Crippen molar-refractivity contribution in [3.05, 3.63) is 17.0 Å². The minimum Gasteiger partial charge on any atom is -0.383 e. The van der Waals surface area contributed by atoms with Crippen LogP contribution in [0.4, 0.5) is 0 Å². The van der Waals surface area contributed by atoms with Gasteiger partial charge in [-0.2, -0.15) is 0 Å². The minimum atomic E-state index is -3.63. The Kier molecular flexibility index (Phi) is 6.93. The van der Waals surface area contributed by atoms with Crippen molar-refractivity contribution in [1.82, 2.24) is 10.6 Å². The topological polar surface area (TPSA) is 106 Å². The molecule has 7 nitrogen and oxygen atoms in total. The van der Waals surface area contributed by atoms with E-state index in [-0.39, 0.29) is 4.21 Å². The predicted octanol–water partition coefficient (Wildman–Crippen LogP) is 0.0970. The monoisotopic (exact) mass is 320 g/mol. The van der Waals surface area contributed by atoms with E-state index in [2.05, 4.69) is 15.6 Å². The van der Waals surface area contributed by atoms with Crippen LogP contribution in [-0.4, -0.2) is 41.2 Å². The number of primary sulfonamides is 1. The molecule has 0 aliphatic rings. The Morgan fingerprint density at radius 2 is 2.20 bits per heavy atom. The van der Waals surface area contributed by atoms with Crippen molar-refractivity contribution < 1.29 is 13.2 Å². The number of nitrogens with two attached hydrogens (primary N) is 1. The molecular weight excluding hydrogens is 300 g/mol. The van der Waals surface area contributed by atoms with E-state index in [1.165, 1.54) is 6.07 Å². The number of hydrogen-bond donors (Lipinski definition) is 3. The molecular formula is C11H20N4O3S2. The van der Waals surface area contributed by atoms with Gasteiger partial charge in [0.05, 0.1) is 13.2 Å². The molecule has 0 radical (unpaired) electrons. The van der Waals surface area contributed by atoms with Gasteiger partial charge in [0.2, 0.25) is 10.0 Å². The summed E-state index contributed by atoms with van der Waals surface area (Å²) in [4.78, 5) is 5.20. The number of nitrogens with zero attached hydrogens (tertiary/aromatic N) is 1. The van der Waals surface area contributed by atoms with Crippen molar-refractivity contribution in [3.8, 4) is 0 Å². The van der Waals surface area contributed by atoms with Gasteiger partial charge in [0.15, 0.2) is 5.96 Å². The first-order valence-corrected chi connectivity index (χ1v) is 8.46. The average molecular weight is 320 g/mol. The number of aliphatic imine (C=N–C) groups is 1. The molecule has 1 aromatic heterocycles. The maximum atomic E-state index is 11.2. The number of hydrogen-bond acceptors (Lipinski definition) is 5. The van der Waals surface area contributed by atoms with Crippen LogP contribution in [0.1, 0.15) is 11.8 Å². The zero-order valence-electron chi connectivity index (χ0n) is 11.5. The highest BCUT2D eigenvalue weighted by Crippen LogP contribution is 2.20. The second-order valence-electron chi connectivity index (χ2n) is 3.88. The molecule has 0 saturated heterocycles.